The van der Waals surface area contributed by atoms with Crippen molar-refractivity contribution in [2.45, 2.75) is 33.1 Å². The van der Waals surface area contributed by atoms with E-state index in [0.29, 0.717) is 32.0 Å². The molecule has 0 aromatic carbocycles. The van der Waals surface area contributed by atoms with Gasteiger partial charge in [0.25, 0.3) is 0 Å². The number of hydrogen-bond donors (Lipinski definition) is 2. The van der Waals surface area contributed by atoms with Gasteiger partial charge in [-0.25, -0.2) is 0 Å². The highest BCUT2D eigenvalue weighted by atomic mass is 127. The molecule has 3 N–H and O–H groups in total. The van der Waals surface area contributed by atoms with Gasteiger partial charge in [0.2, 0.25) is 0 Å². The van der Waals surface area contributed by atoms with Crippen LogP contribution in [-0.2, 0) is 9.53 Å². The Kier molecular flexibility index (Phi) is 14.0. The summed E-state index contributed by atoms with van der Waals surface area (Å²) in [5.41, 5.74) is 5.56. The molecule has 0 aliphatic rings. The maximum Gasteiger partial charge on any atom is 0.305 e. The molecule has 0 radical (unpaired) electrons. The Labute approximate surface area is 114 Å². The van der Waals surface area contributed by atoms with Crippen LogP contribution in [0.5, 0.6) is 0 Å². The van der Waals surface area contributed by atoms with Crippen LogP contribution in [0.25, 0.3) is 0 Å². The normalized spacial score (nSPS) is 10.5. The smallest absolute Gasteiger partial charge is 0.305 e. The van der Waals surface area contributed by atoms with Crippen LogP contribution in [0.1, 0.15) is 33.1 Å². The first kappa shape index (κ1) is 17.9. The van der Waals surface area contributed by atoms with Crippen LogP contribution < -0.4 is 11.1 Å². The maximum absolute atomic E-state index is 10.9. The fourth-order valence-corrected chi connectivity index (χ4v) is 0.970. The zero-order valence-electron chi connectivity index (χ0n) is 9.99. The average Bonchev–Trinajstić information content (AvgIpc) is 2.22. The molecular weight excluding hydrogens is 321 g/mol. The fourth-order valence-electron chi connectivity index (χ4n) is 0.970. The topological polar surface area (TPSA) is 76.7 Å². The molecule has 0 aromatic heterocycles. The quantitative estimate of drug-likeness (QED) is 0.240. The predicted molar refractivity (Wildman–Crippen MR) is 76.1 cm³/mol. The number of nitrogens with one attached hydrogen (secondary N) is 1. The molecule has 0 rings (SSSR count). The Morgan fingerprint density at radius 1 is 1.44 bits per heavy atom. The van der Waals surface area contributed by atoms with E-state index in [1.54, 1.807) is 6.92 Å². The first-order valence-corrected chi connectivity index (χ1v) is 5.40. The lowest BCUT2D eigenvalue weighted by atomic mass is 10.3. The van der Waals surface area contributed by atoms with Crippen LogP contribution in [0.4, 0.5) is 0 Å². The van der Waals surface area contributed by atoms with E-state index in [1.807, 2.05) is 6.92 Å². The minimum atomic E-state index is -0.164. The zero-order valence-corrected chi connectivity index (χ0v) is 12.3. The highest BCUT2D eigenvalue weighted by Crippen LogP contribution is 1.90. The van der Waals surface area contributed by atoms with Crippen molar-refractivity contribution in [1.82, 2.24) is 5.32 Å². The van der Waals surface area contributed by atoms with E-state index in [4.69, 9.17) is 10.5 Å². The third kappa shape index (κ3) is 11.5. The number of nitrogens with zero attached hydrogens (tertiary/aromatic N) is 1. The minimum Gasteiger partial charge on any atom is -0.466 e. The molecule has 0 aliphatic heterocycles. The summed E-state index contributed by atoms with van der Waals surface area (Å²) < 4.78 is 4.79. The van der Waals surface area contributed by atoms with Crippen LogP contribution in [-0.4, -0.2) is 31.6 Å². The fraction of sp³-hybridized carbons (Fsp3) is 0.800. The molecule has 0 aliphatic carbocycles. The summed E-state index contributed by atoms with van der Waals surface area (Å²) in [5, 5.41) is 2.93. The average molecular weight is 343 g/mol. The monoisotopic (exact) mass is 343 g/mol. The number of carbonyl (C=O) groups is 1. The van der Waals surface area contributed by atoms with Crippen LogP contribution in [0, 0.1) is 0 Å². The lowest BCUT2D eigenvalue weighted by molar-refractivity contribution is -0.143. The molecule has 0 bridgehead atoms. The summed E-state index contributed by atoms with van der Waals surface area (Å²) in [6.45, 7) is 5.66. The number of hydrogen-bond acceptors (Lipinski definition) is 3. The van der Waals surface area contributed by atoms with Gasteiger partial charge in [-0.05, 0) is 19.8 Å². The van der Waals surface area contributed by atoms with Gasteiger partial charge in [0.1, 0.15) is 0 Å². The molecule has 0 atom stereocenters. The molecule has 0 heterocycles. The first-order valence-electron chi connectivity index (χ1n) is 5.40. The van der Waals surface area contributed by atoms with E-state index in [9.17, 15) is 4.79 Å². The largest absolute Gasteiger partial charge is 0.466 e. The summed E-state index contributed by atoms with van der Waals surface area (Å²) in [7, 11) is 0. The van der Waals surface area contributed by atoms with E-state index >= 15 is 0 Å². The van der Waals surface area contributed by atoms with E-state index in [0.717, 1.165) is 13.0 Å². The second kappa shape index (κ2) is 12.5. The molecule has 5 nitrogen and oxygen atoms in total. The Morgan fingerprint density at radius 2 is 2.12 bits per heavy atom. The standard InChI is InChI=1S/C10H21N3O2.HI/c1-3-7-12-10(11)13-8-5-6-9(14)15-4-2;/h3-8H2,1-2H3,(H3,11,12,13);1H. The van der Waals surface area contributed by atoms with Gasteiger partial charge in [-0.15, -0.1) is 24.0 Å². The summed E-state index contributed by atoms with van der Waals surface area (Å²) in [6.07, 6.45) is 2.11. The second-order valence-electron chi connectivity index (χ2n) is 3.10. The van der Waals surface area contributed by atoms with Gasteiger partial charge >= 0.3 is 5.97 Å². The molecule has 6 heteroatoms. The highest BCUT2D eigenvalue weighted by Gasteiger charge is 2.00. The molecule has 0 amide bonds. The van der Waals surface area contributed by atoms with Gasteiger partial charge in [0.05, 0.1) is 6.61 Å². The van der Waals surface area contributed by atoms with Crippen molar-refractivity contribution in [1.29, 1.82) is 0 Å². The van der Waals surface area contributed by atoms with Gasteiger partial charge in [0, 0.05) is 19.5 Å². The van der Waals surface area contributed by atoms with Gasteiger partial charge in [-0.1, -0.05) is 6.92 Å². The van der Waals surface area contributed by atoms with Gasteiger partial charge in [-0.2, -0.15) is 0 Å². The van der Waals surface area contributed by atoms with E-state index in [1.165, 1.54) is 0 Å². The number of guanidine groups is 1. The van der Waals surface area contributed by atoms with Crippen molar-refractivity contribution in [3.63, 3.8) is 0 Å². The Hall–Kier alpha value is -0.530. The van der Waals surface area contributed by atoms with E-state index < -0.39 is 0 Å². The van der Waals surface area contributed by atoms with Crippen LogP contribution >= 0.6 is 24.0 Å². The van der Waals surface area contributed by atoms with Crippen molar-refractivity contribution >= 4 is 35.9 Å². The minimum absolute atomic E-state index is 0. The molecule has 0 saturated carbocycles. The predicted octanol–water partition coefficient (Wildman–Crippen LogP) is 1.26. The number of rotatable bonds is 7. The lowest BCUT2D eigenvalue weighted by Crippen LogP contribution is -2.32. The molecule has 0 unspecified atom stereocenters. The van der Waals surface area contributed by atoms with Gasteiger partial charge < -0.3 is 15.8 Å². The number of esters is 1. The number of aliphatic imine (C=N–C) groups is 1. The van der Waals surface area contributed by atoms with E-state index in [2.05, 4.69) is 10.3 Å². The lowest BCUT2D eigenvalue weighted by Gasteiger charge is -2.05. The molecule has 96 valence electrons. The third-order valence-corrected chi connectivity index (χ3v) is 1.67. The maximum atomic E-state index is 10.9. The summed E-state index contributed by atoms with van der Waals surface area (Å²) in [5.74, 6) is 0.282. The molecule has 0 spiro atoms. The molecule has 16 heavy (non-hydrogen) atoms. The van der Waals surface area contributed by atoms with E-state index in [-0.39, 0.29) is 29.9 Å². The molecular formula is C10H22IN3O2. The highest BCUT2D eigenvalue weighted by molar-refractivity contribution is 14.0. The molecule has 0 aromatic rings. The van der Waals surface area contributed by atoms with Crippen molar-refractivity contribution in [3.05, 3.63) is 0 Å². The summed E-state index contributed by atoms with van der Waals surface area (Å²) in [6, 6.07) is 0. The number of nitrogens with two attached hydrogens (primary N) is 1. The van der Waals surface area contributed by atoms with Crippen LogP contribution in [0.2, 0.25) is 0 Å². The second-order valence-corrected chi connectivity index (χ2v) is 3.10. The van der Waals surface area contributed by atoms with Crippen LogP contribution in [0.15, 0.2) is 4.99 Å². The number of ether oxygens (including phenoxy) is 1. The summed E-state index contributed by atoms with van der Waals surface area (Å²) >= 11 is 0. The van der Waals surface area contributed by atoms with Crippen LogP contribution in [0.3, 0.4) is 0 Å². The van der Waals surface area contributed by atoms with Crippen molar-refractivity contribution in [2.24, 2.45) is 10.7 Å². The third-order valence-electron chi connectivity index (χ3n) is 1.67. The SMILES string of the molecule is CCCN=C(N)NCCCC(=O)OCC.I. The number of halogens is 1. The van der Waals surface area contributed by atoms with Crippen molar-refractivity contribution in [3.8, 4) is 0 Å². The van der Waals surface area contributed by atoms with Crippen molar-refractivity contribution in [2.75, 3.05) is 19.7 Å². The Balaban J connectivity index is 0. The molecule has 0 saturated heterocycles. The number of carbonyl (C=O) groups excluding carboxylic acids is 1. The van der Waals surface area contributed by atoms with Gasteiger partial charge in [0.15, 0.2) is 5.96 Å². The van der Waals surface area contributed by atoms with Crippen molar-refractivity contribution < 1.29 is 9.53 Å². The summed E-state index contributed by atoms with van der Waals surface area (Å²) in [4.78, 5) is 15.0. The Bertz CT molecular complexity index is 210. The molecule has 0 fully saturated rings. The zero-order chi connectivity index (χ0) is 11.5. The Morgan fingerprint density at radius 3 is 2.69 bits per heavy atom. The first-order chi connectivity index (χ1) is 7.20. The van der Waals surface area contributed by atoms with Gasteiger partial charge in [-0.3, -0.25) is 9.79 Å².